The molecule has 0 rings (SSSR count). The topological polar surface area (TPSA) is 49.9 Å². The monoisotopic (exact) mass is 148 g/mol. The summed E-state index contributed by atoms with van der Waals surface area (Å²) >= 11 is 0. The summed E-state index contributed by atoms with van der Waals surface area (Å²) in [6.45, 7) is 0. The molecular formula is C9H12N2. The minimum atomic E-state index is 1.23. The molecule has 0 unspecified atom stereocenters. The summed E-state index contributed by atoms with van der Waals surface area (Å²) in [6, 6.07) is 0. The molecule has 0 aromatic rings. The van der Waals surface area contributed by atoms with E-state index in [9.17, 15) is 0 Å². The summed E-state index contributed by atoms with van der Waals surface area (Å²) in [5, 5.41) is 6.66. The minimum absolute atomic E-state index is 1.23. The summed E-state index contributed by atoms with van der Waals surface area (Å²) in [7, 11) is 0. The van der Waals surface area contributed by atoms with Crippen molar-refractivity contribution in [2.24, 2.45) is 5.73 Å². The summed E-state index contributed by atoms with van der Waals surface area (Å²) in [5.41, 5.74) is 5.09. The highest BCUT2D eigenvalue weighted by atomic mass is 14.5. The van der Waals surface area contributed by atoms with Crippen molar-refractivity contribution in [3.05, 3.63) is 48.7 Å². The zero-order valence-electron chi connectivity index (χ0n) is 6.27. The van der Waals surface area contributed by atoms with Crippen molar-refractivity contribution in [3.8, 4) is 0 Å². The van der Waals surface area contributed by atoms with Gasteiger partial charge in [0.05, 0.1) is 0 Å². The van der Waals surface area contributed by atoms with Crippen LogP contribution < -0.4 is 5.73 Å². The van der Waals surface area contributed by atoms with Gasteiger partial charge in [-0.1, -0.05) is 30.4 Å². The van der Waals surface area contributed by atoms with Gasteiger partial charge in [-0.15, -0.1) is 0 Å². The maximum Gasteiger partial charge on any atom is 0.0177 e. The molecule has 0 fully saturated rings. The van der Waals surface area contributed by atoms with Gasteiger partial charge in [0, 0.05) is 6.21 Å². The predicted molar refractivity (Wildman–Crippen MR) is 49.5 cm³/mol. The fourth-order valence-corrected chi connectivity index (χ4v) is 0.440. The third-order valence-corrected chi connectivity index (χ3v) is 0.874. The zero-order valence-corrected chi connectivity index (χ0v) is 6.27. The normalized spacial score (nSPS) is 12.7. The van der Waals surface area contributed by atoms with Crippen molar-refractivity contribution in [1.82, 2.24) is 0 Å². The molecule has 0 aliphatic carbocycles. The molecule has 2 heteroatoms. The lowest BCUT2D eigenvalue weighted by Gasteiger charge is -1.71. The molecule has 0 saturated heterocycles. The summed E-state index contributed by atoms with van der Waals surface area (Å²) in [6.07, 6.45) is 15.3. The molecule has 11 heavy (non-hydrogen) atoms. The Labute approximate surface area is 66.9 Å². The number of hydrogen-bond donors (Lipinski definition) is 2. The third-order valence-electron chi connectivity index (χ3n) is 0.874. The first-order chi connectivity index (χ1) is 5.41. The minimum Gasteiger partial charge on any atom is -0.405 e. The fraction of sp³-hybridized carbons (Fsp3) is 0. The molecule has 0 atom stereocenters. The van der Waals surface area contributed by atoms with Crippen LogP contribution in [0.4, 0.5) is 0 Å². The molecule has 58 valence electrons. The Hall–Kier alpha value is -1.57. The van der Waals surface area contributed by atoms with E-state index in [1.165, 1.54) is 12.4 Å². The van der Waals surface area contributed by atoms with Crippen LogP contribution in [0.3, 0.4) is 0 Å². The van der Waals surface area contributed by atoms with Crippen LogP contribution in [0.1, 0.15) is 0 Å². The van der Waals surface area contributed by atoms with E-state index in [-0.39, 0.29) is 0 Å². The number of allylic oxidation sites excluding steroid dienone is 7. The molecule has 0 bridgehead atoms. The number of hydrogen-bond acceptors (Lipinski definition) is 2. The Kier molecular flexibility index (Phi) is 7.23. The molecular weight excluding hydrogens is 136 g/mol. The van der Waals surface area contributed by atoms with Gasteiger partial charge in [-0.2, -0.15) is 0 Å². The predicted octanol–water partition coefficient (Wildman–Crippen LogP) is 1.78. The van der Waals surface area contributed by atoms with Crippen LogP contribution in [0.15, 0.2) is 48.7 Å². The number of rotatable bonds is 4. The molecule has 0 aromatic heterocycles. The first-order valence-electron chi connectivity index (χ1n) is 3.29. The molecule has 0 spiro atoms. The maximum atomic E-state index is 6.66. The zero-order chi connectivity index (χ0) is 8.36. The van der Waals surface area contributed by atoms with Crippen LogP contribution in [-0.4, -0.2) is 6.21 Å². The Morgan fingerprint density at radius 2 is 1.18 bits per heavy atom. The van der Waals surface area contributed by atoms with Gasteiger partial charge in [-0.05, 0) is 18.4 Å². The van der Waals surface area contributed by atoms with Gasteiger partial charge in [-0.25, -0.2) is 0 Å². The van der Waals surface area contributed by atoms with Gasteiger partial charge < -0.3 is 11.1 Å². The highest BCUT2D eigenvalue weighted by Gasteiger charge is 1.60. The van der Waals surface area contributed by atoms with Crippen LogP contribution in [0.2, 0.25) is 0 Å². The summed E-state index contributed by atoms with van der Waals surface area (Å²) in [5.74, 6) is 0. The number of nitrogens with two attached hydrogens (primary N) is 1. The first-order valence-corrected chi connectivity index (χ1v) is 3.29. The SMILES string of the molecule is N=C/C=C/C=C/C=C/C=C/N. The molecule has 0 saturated carbocycles. The molecule has 3 N–H and O–H groups in total. The lowest BCUT2D eigenvalue weighted by molar-refractivity contribution is 1.58. The van der Waals surface area contributed by atoms with Crippen molar-refractivity contribution < 1.29 is 0 Å². The van der Waals surface area contributed by atoms with Crippen molar-refractivity contribution >= 4 is 6.21 Å². The van der Waals surface area contributed by atoms with E-state index in [0.29, 0.717) is 0 Å². The Bertz CT molecular complexity index is 198. The standard InChI is InChI=1S/C9H12N2/c10-8-6-4-2-1-3-5-7-9-11/h1-10H,11H2/b2-1+,5-3+,6-4+,9-7+,10-8?. The first kappa shape index (κ1) is 9.43. The molecule has 0 aromatic carbocycles. The second kappa shape index (κ2) is 8.43. The Balaban J connectivity index is 3.59. The van der Waals surface area contributed by atoms with Crippen LogP contribution in [0.25, 0.3) is 0 Å². The van der Waals surface area contributed by atoms with Crippen LogP contribution in [-0.2, 0) is 0 Å². The molecule has 0 amide bonds. The molecule has 0 radical (unpaired) electrons. The van der Waals surface area contributed by atoms with Crippen LogP contribution in [0.5, 0.6) is 0 Å². The summed E-state index contributed by atoms with van der Waals surface area (Å²) in [4.78, 5) is 0. The quantitative estimate of drug-likeness (QED) is 0.463. The van der Waals surface area contributed by atoms with E-state index < -0.39 is 0 Å². The van der Waals surface area contributed by atoms with Gasteiger partial charge >= 0.3 is 0 Å². The van der Waals surface area contributed by atoms with Crippen molar-refractivity contribution in [2.45, 2.75) is 0 Å². The second-order valence-corrected chi connectivity index (χ2v) is 1.71. The third kappa shape index (κ3) is 8.43. The molecule has 2 nitrogen and oxygen atoms in total. The van der Waals surface area contributed by atoms with Crippen molar-refractivity contribution in [1.29, 1.82) is 5.41 Å². The number of nitrogens with one attached hydrogen (secondary N) is 1. The lowest BCUT2D eigenvalue weighted by Crippen LogP contribution is -1.71. The van der Waals surface area contributed by atoms with E-state index in [2.05, 4.69) is 0 Å². The lowest BCUT2D eigenvalue weighted by atomic mass is 10.4. The van der Waals surface area contributed by atoms with E-state index in [0.717, 1.165) is 0 Å². The highest BCUT2D eigenvalue weighted by molar-refractivity contribution is 5.68. The average Bonchev–Trinajstić information content (AvgIpc) is 2.03. The van der Waals surface area contributed by atoms with Crippen molar-refractivity contribution in [3.63, 3.8) is 0 Å². The fourth-order valence-electron chi connectivity index (χ4n) is 0.440. The van der Waals surface area contributed by atoms with E-state index >= 15 is 0 Å². The van der Waals surface area contributed by atoms with Crippen molar-refractivity contribution in [2.75, 3.05) is 0 Å². The molecule has 0 aliphatic rings. The van der Waals surface area contributed by atoms with Crippen LogP contribution >= 0.6 is 0 Å². The summed E-state index contributed by atoms with van der Waals surface area (Å²) < 4.78 is 0. The van der Waals surface area contributed by atoms with Gasteiger partial charge in [0.15, 0.2) is 0 Å². The Morgan fingerprint density at radius 1 is 0.727 bits per heavy atom. The van der Waals surface area contributed by atoms with Gasteiger partial charge in [0.2, 0.25) is 0 Å². The molecule has 0 aliphatic heterocycles. The van der Waals surface area contributed by atoms with Gasteiger partial charge in [0.25, 0.3) is 0 Å². The van der Waals surface area contributed by atoms with E-state index in [1.54, 1.807) is 18.2 Å². The van der Waals surface area contributed by atoms with Gasteiger partial charge in [-0.3, -0.25) is 0 Å². The smallest absolute Gasteiger partial charge is 0.0177 e. The van der Waals surface area contributed by atoms with E-state index in [1.807, 2.05) is 24.3 Å². The van der Waals surface area contributed by atoms with Crippen LogP contribution in [0, 0.1) is 5.41 Å². The highest BCUT2D eigenvalue weighted by Crippen LogP contribution is 1.79. The second-order valence-electron chi connectivity index (χ2n) is 1.71. The Morgan fingerprint density at radius 3 is 1.64 bits per heavy atom. The molecule has 0 heterocycles. The average molecular weight is 148 g/mol. The largest absolute Gasteiger partial charge is 0.405 e. The van der Waals surface area contributed by atoms with E-state index in [4.69, 9.17) is 11.1 Å². The maximum absolute atomic E-state index is 6.66. The van der Waals surface area contributed by atoms with Gasteiger partial charge in [0.1, 0.15) is 0 Å².